The predicted octanol–water partition coefficient (Wildman–Crippen LogP) is 3.62. The molecule has 0 aromatic heterocycles. The fourth-order valence-electron chi connectivity index (χ4n) is 1.96. The Kier molecular flexibility index (Phi) is 4.12. The van der Waals surface area contributed by atoms with Crippen LogP contribution in [0.25, 0.3) is 0 Å². The van der Waals surface area contributed by atoms with Gasteiger partial charge in [-0.05, 0) is 49.4 Å². The molecule has 4 heteroatoms. The van der Waals surface area contributed by atoms with Crippen molar-refractivity contribution in [1.82, 2.24) is 0 Å². The normalized spacial score (nSPS) is 10.2. The molecule has 0 amide bonds. The second-order valence-corrected chi connectivity index (χ2v) is 4.58. The molecule has 0 saturated heterocycles. The van der Waals surface area contributed by atoms with Crippen LogP contribution in [-0.4, -0.2) is 11.5 Å². The number of anilines is 2. The Hall–Kier alpha value is -1.94. The van der Waals surface area contributed by atoms with E-state index in [2.05, 4.69) is 0 Å². The summed E-state index contributed by atoms with van der Waals surface area (Å²) in [4.78, 5) is 2.40. The van der Waals surface area contributed by atoms with Crippen molar-refractivity contribution in [3.05, 3.63) is 59.9 Å². The molecule has 98 valence electrons. The lowest BCUT2D eigenvalue weighted by atomic mass is 10.1. The molecule has 0 heterocycles. The molecule has 2 aromatic carbocycles. The molecule has 0 saturated carbocycles. The zero-order valence-corrected chi connectivity index (χ0v) is 11.5. The van der Waals surface area contributed by atoms with E-state index < -0.39 is 0 Å². The fraction of sp³-hybridized carbons (Fsp3) is 0.133. The number of hydrogen-bond acceptors (Lipinski definition) is 2. The summed E-state index contributed by atoms with van der Waals surface area (Å²) < 4.78 is 13.3. The van der Waals surface area contributed by atoms with Crippen molar-refractivity contribution in [3.8, 4) is 0 Å². The lowest BCUT2D eigenvalue weighted by Crippen LogP contribution is -2.16. The molecule has 2 N–H and O–H groups in total. The van der Waals surface area contributed by atoms with Gasteiger partial charge in [0.15, 0.2) is 0 Å². The van der Waals surface area contributed by atoms with E-state index in [0.717, 1.165) is 23.5 Å². The minimum absolute atomic E-state index is 0.240. The van der Waals surface area contributed by atoms with Gasteiger partial charge in [0.1, 0.15) is 10.8 Å². The van der Waals surface area contributed by atoms with Gasteiger partial charge >= 0.3 is 0 Å². The first-order valence-corrected chi connectivity index (χ1v) is 6.45. The van der Waals surface area contributed by atoms with Gasteiger partial charge in [-0.2, -0.15) is 0 Å². The van der Waals surface area contributed by atoms with E-state index in [1.807, 2.05) is 42.2 Å². The van der Waals surface area contributed by atoms with Gasteiger partial charge in [0, 0.05) is 23.5 Å². The smallest absolute Gasteiger partial charge is 0.125 e. The number of halogens is 1. The zero-order chi connectivity index (χ0) is 13.8. The number of nitrogens with zero attached hydrogens (tertiary/aromatic N) is 1. The highest BCUT2D eigenvalue weighted by Crippen LogP contribution is 2.25. The molecule has 2 nitrogen and oxygen atoms in total. The van der Waals surface area contributed by atoms with E-state index in [0.29, 0.717) is 4.99 Å². The Labute approximate surface area is 117 Å². The zero-order valence-electron chi connectivity index (χ0n) is 10.6. The molecular formula is C15H15FN2S. The van der Waals surface area contributed by atoms with E-state index in [-0.39, 0.29) is 5.82 Å². The van der Waals surface area contributed by atoms with Crippen molar-refractivity contribution in [1.29, 1.82) is 0 Å². The summed E-state index contributed by atoms with van der Waals surface area (Å²) in [6.07, 6.45) is 0. The van der Waals surface area contributed by atoms with E-state index in [1.54, 1.807) is 6.07 Å². The van der Waals surface area contributed by atoms with E-state index >= 15 is 0 Å². The molecule has 0 fully saturated rings. The lowest BCUT2D eigenvalue weighted by molar-refractivity contribution is 0.627. The predicted molar refractivity (Wildman–Crippen MR) is 81.4 cm³/mol. The van der Waals surface area contributed by atoms with Crippen LogP contribution >= 0.6 is 12.2 Å². The lowest BCUT2D eigenvalue weighted by Gasteiger charge is -2.23. The van der Waals surface area contributed by atoms with Crippen LogP contribution in [0.15, 0.2) is 48.5 Å². The second kappa shape index (κ2) is 5.80. The molecule has 0 spiro atoms. The Morgan fingerprint density at radius 1 is 1.16 bits per heavy atom. The van der Waals surface area contributed by atoms with Gasteiger partial charge < -0.3 is 10.6 Å². The van der Waals surface area contributed by atoms with Crippen molar-refractivity contribution in [2.24, 2.45) is 5.73 Å². The minimum Gasteiger partial charge on any atom is -0.389 e. The van der Waals surface area contributed by atoms with Crippen molar-refractivity contribution in [2.75, 3.05) is 11.4 Å². The number of nitrogens with two attached hydrogens (primary N) is 1. The van der Waals surface area contributed by atoms with Crippen LogP contribution in [-0.2, 0) is 0 Å². The van der Waals surface area contributed by atoms with Crippen molar-refractivity contribution in [2.45, 2.75) is 6.92 Å². The maximum Gasteiger partial charge on any atom is 0.125 e. The fourth-order valence-corrected chi connectivity index (χ4v) is 2.10. The van der Waals surface area contributed by atoms with E-state index in [1.165, 1.54) is 12.1 Å². The molecular weight excluding hydrogens is 259 g/mol. The largest absolute Gasteiger partial charge is 0.389 e. The van der Waals surface area contributed by atoms with Crippen LogP contribution in [0.4, 0.5) is 15.8 Å². The van der Waals surface area contributed by atoms with Gasteiger partial charge in [-0.1, -0.05) is 18.3 Å². The first kappa shape index (κ1) is 13.5. The molecule has 0 atom stereocenters. The molecule has 2 rings (SSSR count). The Morgan fingerprint density at radius 2 is 1.84 bits per heavy atom. The van der Waals surface area contributed by atoms with Crippen LogP contribution in [0.5, 0.6) is 0 Å². The molecule has 2 aromatic rings. The maximum absolute atomic E-state index is 13.3. The first-order chi connectivity index (χ1) is 9.11. The van der Waals surface area contributed by atoms with Gasteiger partial charge in [0.05, 0.1) is 0 Å². The topological polar surface area (TPSA) is 29.3 Å². The van der Waals surface area contributed by atoms with Gasteiger partial charge in [-0.25, -0.2) is 4.39 Å². The quantitative estimate of drug-likeness (QED) is 0.863. The average Bonchev–Trinajstić information content (AvgIpc) is 2.40. The molecule has 0 radical (unpaired) electrons. The third-order valence-electron chi connectivity index (χ3n) is 2.90. The molecule has 0 unspecified atom stereocenters. The summed E-state index contributed by atoms with van der Waals surface area (Å²) in [7, 11) is 0. The summed E-state index contributed by atoms with van der Waals surface area (Å²) >= 11 is 4.92. The van der Waals surface area contributed by atoms with Crippen molar-refractivity contribution < 1.29 is 4.39 Å². The number of thiocarbonyl (C=S) groups is 1. The summed E-state index contributed by atoms with van der Waals surface area (Å²) in [6.45, 7) is 2.77. The van der Waals surface area contributed by atoms with Crippen LogP contribution in [0.3, 0.4) is 0 Å². The van der Waals surface area contributed by atoms with Gasteiger partial charge in [0.25, 0.3) is 0 Å². The highest BCUT2D eigenvalue weighted by Gasteiger charge is 2.08. The Morgan fingerprint density at radius 3 is 2.37 bits per heavy atom. The third kappa shape index (κ3) is 3.09. The van der Waals surface area contributed by atoms with Crippen LogP contribution in [0.1, 0.15) is 12.5 Å². The highest BCUT2D eigenvalue weighted by atomic mass is 32.1. The average molecular weight is 274 g/mol. The molecule has 0 aliphatic carbocycles. The van der Waals surface area contributed by atoms with Crippen molar-refractivity contribution in [3.63, 3.8) is 0 Å². The number of hydrogen-bond donors (Lipinski definition) is 1. The first-order valence-electron chi connectivity index (χ1n) is 6.05. The summed E-state index contributed by atoms with van der Waals surface area (Å²) in [6, 6.07) is 14.2. The minimum atomic E-state index is -0.240. The standard InChI is InChI=1S/C15H15FN2S/c1-2-18(14-5-3-4-12(16)10-14)13-8-6-11(7-9-13)15(17)19/h3-10H,2H2,1H3,(H2,17,19). The summed E-state index contributed by atoms with van der Waals surface area (Å²) in [5.41, 5.74) is 8.20. The van der Waals surface area contributed by atoms with Gasteiger partial charge in [-0.15, -0.1) is 0 Å². The molecule has 0 aliphatic heterocycles. The van der Waals surface area contributed by atoms with Gasteiger partial charge in [-0.3, -0.25) is 0 Å². The van der Waals surface area contributed by atoms with E-state index in [4.69, 9.17) is 18.0 Å². The molecule has 19 heavy (non-hydrogen) atoms. The van der Waals surface area contributed by atoms with Gasteiger partial charge in [0.2, 0.25) is 0 Å². The van der Waals surface area contributed by atoms with Crippen LogP contribution in [0.2, 0.25) is 0 Å². The third-order valence-corrected chi connectivity index (χ3v) is 3.14. The summed E-state index contributed by atoms with van der Waals surface area (Å²) in [5.74, 6) is -0.240. The molecule has 0 bridgehead atoms. The van der Waals surface area contributed by atoms with Crippen LogP contribution in [0, 0.1) is 5.82 Å². The Balaban J connectivity index is 2.34. The Bertz CT molecular complexity index is 581. The van der Waals surface area contributed by atoms with Crippen LogP contribution < -0.4 is 10.6 Å². The monoisotopic (exact) mass is 274 g/mol. The summed E-state index contributed by atoms with van der Waals surface area (Å²) in [5, 5.41) is 0. The SMILES string of the molecule is CCN(c1ccc(C(N)=S)cc1)c1cccc(F)c1. The molecule has 0 aliphatic rings. The number of rotatable bonds is 4. The van der Waals surface area contributed by atoms with Crippen molar-refractivity contribution >= 4 is 28.6 Å². The highest BCUT2D eigenvalue weighted by molar-refractivity contribution is 7.80. The number of benzene rings is 2. The maximum atomic E-state index is 13.3. The van der Waals surface area contributed by atoms with E-state index in [9.17, 15) is 4.39 Å². The second-order valence-electron chi connectivity index (χ2n) is 4.14.